The Labute approximate surface area is 144 Å². The van der Waals surface area contributed by atoms with Gasteiger partial charge < -0.3 is 4.74 Å². The van der Waals surface area contributed by atoms with Gasteiger partial charge in [0, 0.05) is 23.0 Å². The second-order valence-corrected chi connectivity index (χ2v) is 6.17. The van der Waals surface area contributed by atoms with Crippen LogP contribution in [0.4, 0.5) is 0 Å². The Morgan fingerprint density at radius 1 is 0.913 bits per heavy atom. The summed E-state index contributed by atoms with van der Waals surface area (Å²) in [6.45, 7) is 2.93. The normalized spacial score (nSPS) is 10.7. The molecule has 0 amide bonds. The van der Waals surface area contributed by atoms with Crippen molar-refractivity contribution in [2.24, 2.45) is 0 Å². The molecule has 2 rings (SSSR count). The average molecular weight is 333 g/mol. The molecule has 0 saturated carbocycles. The van der Waals surface area contributed by atoms with Gasteiger partial charge in [0.2, 0.25) is 0 Å². The summed E-state index contributed by atoms with van der Waals surface area (Å²) in [7, 11) is 0. The zero-order valence-electron chi connectivity index (χ0n) is 13.8. The molecule has 0 N–H and O–H groups in total. The van der Waals surface area contributed by atoms with Gasteiger partial charge in [0.05, 0.1) is 6.61 Å². The Hall–Kier alpha value is -1.61. The summed E-state index contributed by atoms with van der Waals surface area (Å²) in [5, 5.41) is 0.710. The van der Waals surface area contributed by atoms with Crippen LogP contribution >= 0.6 is 11.6 Å². The minimum atomic E-state index is 0.446. The number of rotatable bonds is 10. The highest BCUT2D eigenvalue weighted by Crippen LogP contribution is 2.22. The maximum atomic E-state index is 6.00. The molecule has 0 aliphatic carbocycles. The van der Waals surface area contributed by atoms with Gasteiger partial charge in [-0.3, -0.25) is 0 Å². The molecular formula is C19H25ClN2O. The van der Waals surface area contributed by atoms with E-state index in [9.17, 15) is 0 Å². The lowest BCUT2D eigenvalue weighted by atomic mass is 10.1. The summed E-state index contributed by atoms with van der Waals surface area (Å²) in [4.78, 5) is 8.53. The number of hydrogen-bond donors (Lipinski definition) is 0. The number of hydrogen-bond acceptors (Lipinski definition) is 3. The molecular weight excluding hydrogens is 308 g/mol. The Morgan fingerprint density at radius 3 is 2.30 bits per heavy atom. The van der Waals surface area contributed by atoms with E-state index in [0.717, 1.165) is 17.5 Å². The average Bonchev–Trinajstić information content (AvgIpc) is 2.58. The monoisotopic (exact) mass is 332 g/mol. The maximum absolute atomic E-state index is 6.00. The number of halogens is 1. The molecule has 0 atom stereocenters. The van der Waals surface area contributed by atoms with E-state index in [4.69, 9.17) is 16.3 Å². The Kier molecular flexibility index (Phi) is 7.88. The fourth-order valence-corrected chi connectivity index (χ4v) is 2.62. The van der Waals surface area contributed by atoms with Gasteiger partial charge in [0.1, 0.15) is 0 Å². The van der Waals surface area contributed by atoms with Gasteiger partial charge >= 0.3 is 6.01 Å². The van der Waals surface area contributed by atoms with Crippen molar-refractivity contribution in [3.63, 3.8) is 0 Å². The van der Waals surface area contributed by atoms with E-state index in [2.05, 4.69) is 16.9 Å². The molecule has 2 aromatic rings. The van der Waals surface area contributed by atoms with E-state index in [1.54, 1.807) is 12.4 Å². The molecule has 0 fully saturated rings. The quantitative estimate of drug-likeness (QED) is 0.506. The highest BCUT2D eigenvalue weighted by molar-refractivity contribution is 6.30. The van der Waals surface area contributed by atoms with Gasteiger partial charge in [0.15, 0.2) is 0 Å². The summed E-state index contributed by atoms with van der Waals surface area (Å²) in [6.07, 6.45) is 12.4. The van der Waals surface area contributed by atoms with Crippen molar-refractivity contribution in [1.82, 2.24) is 9.97 Å². The van der Waals surface area contributed by atoms with Crippen molar-refractivity contribution < 1.29 is 4.74 Å². The smallest absolute Gasteiger partial charge is 0.316 e. The first-order valence-electron chi connectivity index (χ1n) is 8.50. The molecule has 0 spiro atoms. The molecule has 23 heavy (non-hydrogen) atoms. The topological polar surface area (TPSA) is 35.0 Å². The molecule has 1 heterocycles. The van der Waals surface area contributed by atoms with E-state index in [1.165, 1.54) is 38.5 Å². The van der Waals surface area contributed by atoms with Gasteiger partial charge in [-0.15, -0.1) is 0 Å². The molecule has 0 radical (unpaired) electrons. The van der Waals surface area contributed by atoms with Crippen molar-refractivity contribution >= 4 is 11.6 Å². The SMILES string of the molecule is CCCCCCCCCOc1ncc(-c2cccc(Cl)c2)cn1. The molecule has 124 valence electrons. The molecule has 0 bridgehead atoms. The number of aromatic nitrogens is 2. The van der Waals surface area contributed by atoms with E-state index in [0.29, 0.717) is 17.6 Å². The lowest BCUT2D eigenvalue weighted by Gasteiger charge is -2.06. The van der Waals surface area contributed by atoms with Crippen LogP contribution in [0.25, 0.3) is 11.1 Å². The largest absolute Gasteiger partial charge is 0.463 e. The molecule has 0 saturated heterocycles. The van der Waals surface area contributed by atoms with Crippen molar-refractivity contribution in [2.75, 3.05) is 6.61 Å². The van der Waals surface area contributed by atoms with Gasteiger partial charge in [-0.25, -0.2) is 9.97 Å². The first kappa shape index (κ1) is 17.7. The lowest BCUT2D eigenvalue weighted by molar-refractivity contribution is 0.281. The zero-order valence-corrected chi connectivity index (χ0v) is 14.6. The van der Waals surface area contributed by atoms with Gasteiger partial charge in [-0.2, -0.15) is 0 Å². The predicted octanol–water partition coefficient (Wildman–Crippen LogP) is 5.93. The first-order chi connectivity index (χ1) is 11.3. The molecule has 0 aliphatic rings. The Balaban J connectivity index is 1.69. The summed E-state index contributed by atoms with van der Waals surface area (Å²) >= 11 is 6.00. The second-order valence-electron chi connectivity index (χ2n) is 5.73. The first-order valence-corrected chi connectivity index (χ1v) is 8.88. The number of unbranched alkanes of at least 4 members (excludes halogenated alkanes) is 6. The molecule has 3 nitrogen and oxygen atoms in total. The zero-order chi connectivity index (χ0) is 16.3. The molecule has 1 aromatic carbocycles. The van der Waals surface area contributed by atoms with Crippen molar-refractivity contribution in [3.8, 4) is 17.1 Å². The standard InChI is InChI=1S/C19H25ClN2O/c1-2-3-4-5-6-7-8-12-23-19-21-14-17(15-22-19)16-10-9-11-18(20)13-16/h9-11,13-15H,2-8,12H2,1H3. The third-order valence-electron chi connectivity index (χ3n) is 3.77. The minimum absolute atomic E-state index is 0.446. The van der Waals surface area contributed by atoms with Crippen LogP contribution in [-0.2, 0) is 0 Å². The van der Waals surface area contributed by atoms with Crippen LogP contribution in [0.2, 0.25) is 5.02 Å². The minimum Gasteiger partial charge on any atom is -0.463 e. The van der Waals surface area contributed by atoms with Crippen LogP contribution in [0.3, 0.4) is 0 Å². The lowest BCUT2D eigenvalue weighted by Crippen LogP contribution is -2.01. The highest BCUT2D eigenvalue weighted by Gasteiger charge is 2.02. The Bertz CT molecular complexity index is 572. The van der Waals surface area contributed by atoms with E-state index >= 15 is 0 Å². The number of nitrogens with zero attached hydrogens (tertiary/aromatic N) is 2. The van der Waals surface area contributed by atoms with Crippen LogP contribution in [0.5, 0.6) is 6.01 Å². The summed E-state index contributed by atoms with van der Waals surface area (Å²) in [6, 6.07) is 8.11. The predicted molar refractivity (Wildman–Crippen MR) is 96.0 cm³/mol. The van der Waals surface area contributed by atoms with Gasteiger partial charge in [-0.1, -0.05) is 69.2 Å². The van der Waals surface area contributed by atoms with Gasteiger partial charge in [-0.05, 0) is 24.1 Å². The van der Waals surface area contributed by atoms with E-state index in [1.807, 2.05) is 24.3 Å². The van der Waals surface area contributed by atoms with Crippen LogP contribution in [0.1, 0.15) is 51.9 Å². The molecule has 0 unspecified atom stereocenters. The summed E-state index contributed by atoms with van der Waals surface area (Å²) in [5.74, 6) is 0. The Morgan fingerprint density at radius 2 is 1.61 bits per heavy atom. The third kappa shape index (κ3) is 6.57. The van der Waals surface area contributed by atoms with Crippen LogP contribution in [0, 0.1) is 0 Å². The van der Waals surface area contributed by atoms with E-state index in [-0.39, 0.29) is 0 Å². The fourth-order valence-electron chi connectivity index (χ4n) is 2.43. The highest BCUT2D eigenvalue weighted by atomic mass is 35.5. The maximum Gasteiger partial charge on any atom is 0.316 e. The molecule has 4 heteroatoms. The van der Waals surface area contributed by atoms with Crippen LogP contribution in [-0.4, -0.2) is 16.6 Å². The number of benzene rings is 1. The summed E-state index contributed by atoms with van der Waals surface area (Å²) in [5.41, 5.74) is 1.95. The third-order valence-corrected chi connectivity index (χ3v) is 4.00. The van der Waals surface area contributed by atoms with E-state index < -0.39 is 0 Å². The van der Waals surface area contributed by atoms with Crippen molar-refractivity contribution in [1.29, 1.82) is 0 Å². The van der Waals surface area contributed by atoms with Crippen LogP contribution < -0.4 is 4.74 Å². The second kappa shape index (κ2) is 10.2. The number of ether oxygens (including phenoxy) is 1. The molecule has 1 aromatic heterocycles. The van der Waals surface area contributed by atoms with Crippen molar-refractivity contribution in [3.05, 3.63) is 41.7 Å². The molecule has 0 aliphatic heterocycles. The fraction of sp³-hybridized carbons (Fsp3) is 0.474. The summed E-state index contributed by atoms with van der Waals surface area (Å²) < 4.78 is 5.60. The van der Waals surface area contributed by atoms with Gasteiger partial charge in [0.25, 0.3) is 0 Å². The van der Waals surface area contributed by atoms with Crippen molar-refractivity contribution in [2.45, 2.75) is 51.9 Å². The van der Waals surface area contributed by atoms with Crippen LogP contribution in [0.15, 0.2) is 36.7 Å².